The number of sulfonamides is 1. The first-order valence-corrected chi connectivity index (χ1v) is 8.39. The van der Waals surface area contributed by atoms with Gasteiger partial charge in [-0.25, -0.2) is 24.0 Å². The lowest BCUT2D eigenvalue weighted by molar-refractivity contribution is 0.192. The van der Waals surface area contributed by atoms with Gasteiger partial charge < -0.3 is 10.2 Å². The zero-order valence-corrected chi connectivity index (χ0v) is 13.6. The first-order valence-electron chi connectivity index (χ1n) is 6.12. The van der Waals surface area contributed by atoms with Crippen molar-refractivity contribution in [2.45, 2.75) is 24.2 Å². The number of hydrogen-bond donors (Lipinski definition) is 3. The van der Waals surface area contributed by atoms with Gasteiger partial charge in [0.05, 0.1) is 0 Å². The van der Waals surface area contributed by atoms with Crippen molar-refractivity contribution < 1.29 is 13.2 Å². The number of anilines is 1. The van der Waals surface area contributed by atoms with Crippen LogP contribution in [-0.4, -0.2) is 33.7 Å². The van der Waals surface area contributed by atoms with E-state index >= 15 is 0 Å². The van der Waals surface area contributed by atoms with E-state index in [1.165, 1.54) is 12.3 Å². The number of nitrogens with one attached hydrogen (secondary N) is 2. The fraction of sp³-hybridized carbons (Fsp3) is 0.545. The minimum Gasteiger partial charge on any atom is -0.385 e. The molecule has 0 saturated carbocycles. The molecule has 0 aliphatic carbocycles. The van der Waals surface area contributed by atoms with Crippen LogP contribution in [0, 0.1) is 0 Å². The smallest absolute Gasteiger partial charge is 0.244 e. The van der Waals surface area contributed by atoms with Crippen molar-refractivity contribution in [3.63, 3.8) is 0 Å². The molecule has 0 aromatic carbocycles. The van der Waals surface area contributed by atoms with Crippen LogP contribution in [0.5, 0.6) is 0 Å². The molecule has 0 spiro atoms. The van der Waals surface area contributed by atoms with Crippen molar-refractivity contribution in [3.05, 3.63) is 16.7 Å². The predicted molar refractivity (Wildman–Crippen MR) is 80.7 cm³/mol. The molecular weight excluding hydrogens is 348 g/mol. The van der Waals surface area contributed by atoms with Crippen LogP contribution in [-0.2, 0) is 14.8 Å². The maximum atomic E-state index is 12.2. The molecule has 4 N–H and O–H groups in total. The van der Waals surface area contributed by atoms with Crippen molar-refractivity contribution in [1.29, 1.82) is 0 Å². The molecule has 0 bridgehead atoms. The van der Waals surface area contributed by atoms with Crippen LogP contribution in [0.3, 0.4) is 0 Å². The molecule has 0 unspecified atom stereocenters. The maximum Gasteiger partial charge on any atom is 0.244 e. The lowest BCUT2D eigenvalue weighted by Crippen LogP contribution is -2.26. The Morgan fingerprint density at radius 1 is 1.40 bits per heavy atom. The highest BCUT2D eigenvalue weighted by atomic mass is 79.9. The highest BCUT2D eigenvalue weighted by Crippen LogP contribution is 2.21. The SMILES string of the molecule is COCCCCCNS(=O)(=O)c1cc(Br)cnc1NN. The summed E-state index contributed by atoms with van der Waals surface area (Å²) in [5.74, 6) is 5.38. The van der Waals surface area contributed by atoms with Gasteiger partial charge in [0.2, 0.25) is 10.0 Å². The summed E-state index contributed by atoms with van der Waals surface area (Å²) < 4.78 is 32.3. The standard InChI is InChI=1S/C11H19BrN4O3S/c1-19-6-4-2-3-5-15-20(17,18)10-7-9(12)8-14-11(10)16-13/h7-8,15H,2-6,13H2,1H3,(H,14,16). The third kappa shape index (κ3) is 5.33. The zero-order chi connectivity index (χ0) is 15.0. The van der Waals surface area contributed by atoms with E-state index in [0.717, 1.165) is 19.3 Å². The lowest BCUT2D eigenvalue weighted by atomic mass is 10.2. The van der Waals surface area contributed by atoms with E-state index in [9.17, 15) is 8.42 Å². The van der Waals surface area contributed by atoms with Gasteiger partial charge in [0.15, 0.2) is 5.82 Å². The summed E-state index contributed by atoms with van der Waals surface area (Å²) >= 11 is 3.19. The Labute approximate surface area is 127 Å². The first-order chi connectivity index (χ1) is 9.51. The number of nitrogens with two attached hydrogens (primary N) is 1. The van der Waals surface area contributed by atoms with Crippen LogP contribution < -0.4 is 16.0 Å². The Balaban J connectivity index is 2.62. The number of ether oxygens (including phenoxy) is 1. The van der Waals surface area contributed by atoms with E-state index in [2.05, 4.69) is 31.1 Å². The molecule has 7 nitrogen and oxygen atoms in total. The molecule has 0 aliphatic heterocycles. The summed E-state index contributed by atoms with van der Waals surface area (Å²) in [7, 11) is -1.99. The van der Waals surface area contributed by atoms with Crippen LogP contribution in [0.4, 0.5) is 5.82 Å². The molecule has 1 heterocycles. The minimum atomic E-state index is -3.63. The quantitative estimate of drug-likeness (QED) is 0.344. The fourth-order valence-electron chi connectivity index (χ4n) is 1.57. The number of rotatable bonds is 9. The second-order valence-corrected chi connectivity index (χ2v) is 6.75. The van der Waals surface area contributed by atoms with Crippen LogP contribution in [0.25, 0.3) is 0 Å². The van der Waals surface area contributed by atoms with E-state index in [1.807, 2.05) is 0 Å². The van der Waals surface area contributed by atoms with Gasteiger partial charge in [-0.15, -0.1) is 0 Å². The van der Waals surface area contributed by atoms with E-state index in [1.54, 1.807) is 7.11 Å². The summed E-state index contributed by atoms with van der Waals surface area (Å²) in [6.07, 6.45) is 4.02. The molecule has 0 saturated heterocycles. The van der Waals surface area contributed by atoms with Crippen molar-refractivity contribution >= 4 is 31.8 Å². The summed E-state index contributed by atoms with van der Waals surface area (Å²) in [6, 6.07) is 1.45. The normalized spacial score (nSPS) is 11.6. The molecule has 0 fully saturated rings. The topological polar surface area (TPSA) is 106 Å². The van der Waals surface area contributed by atoms with Gasteiger partial charge >= 0.3 is 0 Å². The number of halogens is 1. The molecule has 0 aliphatic rings. The fourth-order valence-corrected chi connectivity index (χ4v) is 3.27. The van der Waals surface area contributed by atoms with Gasteiger partial charge in [-0.2, -0.15) is 0 Å². The first kappa shape index (κ1) is 17.3. The van der Waals surface area contributed by atoms with Gasteiger partial charge in [-0.1, -0.05) is 0 Å². The highest BCUT2D eigenvalue weighted by molar-refractivity contribution is 9.10. The lowest BCUT2D eigenvalue weighted by Gasteiger charge is -2.10. The number of aromatic nitrogens is 1. The second-order valence-electron chi connectivity index (χ2n) is 4.10. The van der Waals surface area contributed by atoms with Gasteiger partial charge in [-0.3, -0.25) is 0 Å². The van der Waals surface area contributed by atoms with E-state index in [0.29, 0.717) is 17.6 Å². The van der Waals surface area contributed by atoms with Crippen molar-refractivity contribution in [1.82, 2.24) is 9.71 Å². The van der Waals surface area contributed by atoms with Crippen LogP contribution >= 0.6 is 15.9 Å². The monoisotopic (exact) mass is 366 g/mol. The average molecular weight is 367 g/mol. The molecule has 0 amide bonds. The molecule has 0 radical (unpaired) electrons. The van der Waals surface area contributed by atoms with Gasteiger partial charge in [-0.05, 0) is 41.3 Å². The molecule has 20 heavy (non-hydrogen) atoms. The number of nitrogens with zero attached hydrogens (tertiary/aromatic N) is 1. The number of hydrogen-bond acceptors (Lipinski definition) is 6. The molecule has 1 aromatic rings. The zero-order valence-electron chi connectivity index (χ0n) is 11.2. The Morgan fingerprint density at radius 3 is 2.80 bits per heavy atom. The molecular formula is C11H19BrN4O3S. The predicted octanol–water partition coefficient (Wildman–Crippen LogP) is 1.22. The Morgan fingerprint density at radius 2 is 2.15 bits per heavy atom. The van der Waals surface area contributed by atoms with Gasteiger partial charge in [0.25, 0.3) is 0 Å². The average Bonchev–Trinajstić information content (AvgIpc) is 2.42. The third-order valence-electron chi connectivity index (χ3n) is 2.56. The Kier molecular flexibility index (Phi) is 7.38. The van der Waals surface area contributed by atoms with E-state index in [4.69, 9.17) is 10.6 Å². The minimum absolute atomic E-state index is 0.0197. The summed E-state index contributed by atoms with van der Waals surface area (Å²) in [5.41, 5.74) is 2.28. The van der Waals surface area contributed by atoms with Crippen molar-refractivity contribution in [2.75, 3.05) is 25.7 Å². The van der Waals surface area contributed by atoms with Crippen LogP contribution in [0.15, 0.2) is 21.6 Å². The number of pyridine rings is 1. The summed E-state index contributed by atoms with van der Waals surface area (Å²) in [4.78, 5) is 3.93. The highest BCUT2D eigenvalue weighted by Gasteiger charge is 2.19. The van der Waals surface area contributed by atoms with Gasteiger partial charge in [0.1, 0.15) is 4.90 Å². The second kappa shape index (κ2) is 8.53. The summed E-state index contributed by atoms with van der Waals surface area (Å²) in [6.45, 7) is 1.05. The molecule has 9 heteroatoms. The third-order valence-corrected chi connectivity index (χ3v) is 4.47. The Hall–Kier alpha value is -0.740. The number of nitrogen functional groups attached to an aromatic ring is 1. The largest absolute Gasteiger partial charge is 0.385 e. The van der Waals surface area contributed by atoms with Crippen molar-refractivity contribution in [3.8, 4) is 0 Å². The molecule has 1 aromatic heterocycles. The van der Waals surface area contributed by atoms with Crippen LogP contribution in [0.2, 0.25) is 0 Å². The molecule has 1 rings (SSSR count). The number of hydrazine groups is 1. The summed E-state index contributed by atoms with van der Waals surface area (Å²) in [5, 5.41) is 0. The number of methoxy groups -OCH3 is 1. The van der Waals surface area contributed by atoms with Crippen molar-refractivity contribution in [2.24, 2.45) is 5.84 Å². The van der Waals surface area contributed by atoms with E-state index < -0.39 is 10.0 Å². The molecule has 0 atom stereocenters. The van der Waals surface area contributed by atoms with Gasteiger partial charge in [0, 0.05) is 30.9 Å². The van der Waals surface area contributed by atoms with Crippen LogP contribution in [0.1, 0.15) is 19.3 Å². The maximum absolute atomic E-state index is 12.2. The Bertz CT molecular complexity index is 524. The van der Waals surface area contributed by atoms with E-state index in [-0.39, 0.29) is 10.7 Å². The molecule has 114 valence electrons. The number of unbranched alkanes of at least 4 members (excludes halogenated alkanes) is 2.